The number of fused-ring (bicyclic) bond motifs is 3. The van der Waals surface area contributed by atoms with E-state index in [1.54, 1.807) is 12.3 Å². The lowest BCUT2D eigenvalue weighted by molar-refractivity contribution is -0.126. The van der Waals surface area contributed by atoms with Crippen LogP contribution in [0.25, 0.3) is 16.6 Å². The normalized spacial score (nSPS) is 30.3. The summed E-state index contributed by atoms with van der Waals surface area (Å²) in [7, 11) is 0. The third-order valence-electron chi connectivity index (χ3n) is 8.36. The molecular weight excluding hydrogens is 392 g/mol. The van der Waals surface area contributed by atoms with E-state index in [9.17, 15) is 9.59 Å². The highest BCUT2D eigenvalue weighted by atomic mass is 16.3. The standard InChI is InChI=1S/C24H30N4O3/c1-3-21-26-27(23(30)19-9-20-18(28(19)21)4-5-31-20)13-22(29)25-14(2)24-10-15-6-16(11-24)8-17(7-15)12-24/h4-5,9,14-17H,3,6-8,10-13H2,1-2H3,(H,25,29)/t14-,15?,16?,17?,24?/m0/s1. The molecule has 0 unspecified atom stereocenters. The lowest BCUT2D eigenvalue weighted by Gasteiger charge is -2.59. The fourth-order valence-electron chi connectivity index (χ4n) is 7.34. The number of nitrogens with one attached hydrogen (secondary N) is 1. The number of aryl methyl sites for hydroxylation is 1. The van der Waals surface area contributed by atoms with Gasteiger partial charge in [-0.05, 0) is 68.6 Å². The number of amides is 1. The molecule has 0 spiro atoms. The van der Waals surface area contributed by atoms with Crippen molar-refractivity contribution in [2.24, 2.45) is 23.2 Å². The van der Waals surface area contributed by atoms with E-state index in [1.165, 1.54) is 43.2 Å². The Labute approximate surface area is 180 Å². The summed E-state index contributed by atoms with van der Waals surface area (Å²) in [5.74, 6) is 3.15. The van der Waals surface area contributed by atoms with Crippen molar-refractivity contribution >= 4 is 22.5 Å². The number of hydrogen-bond donors (Lipinski definition) is 1. The summed E-state index contributed by atoms with van der Waals surface area (Å²) in [5, 5.41) is 7.78. The van der Waals surface area contributed by atoms with Crippen molar-refractivity contribution in [3.05, 3.63) is 34.6 Å². The van der Waals surface area contributed by atoms with E-state index in [1.807, 2.05) is 17.4 Å². The highest BCUT2D eigenvalue weighted by molar-refractivity contribution is 5.82. The highest BCUT2D eigenvalue weighted by Crippen LogP contribution is 2.61. The van der Waals surface area contributed by atoms with Crippen molar-refractivity contribution in [3.63, 3.8) is 0 Å². The van der Waals surface area contributed by atoms with E-state index in [0.717, 1.165) is 29.1 Å². The highest BCUT2D eigenvalue weighted by Gasteiger charge is 2.53. The van der Waals surface area contributed by atoms with Gasteiger partial charge in [0.2, 0.25) is 5.91 Å². The molecule has 4 aliphatic carbocycles. The van der Waals surface area contributed by atoms with Crippen molar-refractivity contribution in [3.8, 4) is 0 Å². The van der Waals surface area contributed by atoms with Crippen LogP contribution in [0.4, 0.5) is 0 Å². The van der Waals surface area contributed by atoms with Crippen LogP contribution in [-0.2, 0) is 17.8 Å². The topological polar surface area (TPSA) is 81.5 Å². The van der Waals surface area contributed by atoms with Gasteiger partial charge < -0.3 is 9.73 Å². The summed E-state index contributed by atoms with van der Waals surface area (Å²) in [6.07, 6.45) is 10.2. The zero-order chi connectivity index (χ0) is 21.3. The van der Waals surface area contributed by atoms with Gasteiger partial charge in [-0.1, -0.05) is 6.92 Å². The van der Waals surface area contributed by atoms with Gasteiger partial charge in [0.25, 0.3) is 5.56 Å². The smallest absolute Gasteiger partial charge is 0.291 e. The van der Waals surface area contributed by atoms with Crippen LogP contribution in [0.1, 0.15) is 58.2 Å². The Kier molecular flexibility index (Phi) is 4.14. The minimum absolute atomic E-state index is 0.0500. The molecule has 3 heterocycles. The van der Waals surface area contributed by atoms with Gasteiger partial charge in [0, 0.05) is 24.6 Å². The van der Waals surface area contributed by atoms with Gasteiger partial charge in [0.15, 0.2) is 5.58 Å². The zero-order valence-corrected chi connectivity index (χ0v) is 18.3. The number of aromatic nitrogens is 3. The van der Waals surface area contributed by atoms with Gasteiger partial charge in [-0.3, -0.25) is 14.0 Å². The Morgan fingerprint density at radius 3 is 2.55 bits per heavy atom. The molecular formula is C24H30N4O3. The van der Waals surface area contributed by atoms with Gasteiger partial charge in [-0.2, -0.15) is 5.10 Å². The van der Waals surface area contributed by atoms with Gasteiger partial charge in [0.1, 0.15) is 17.9 Å². The average Bonchev–Trinajstić information content (AvgIpc) is 3.31. The minimum atomic E-state index is -0.263. The molecule has 0 saturated heterocycles. The fraction of sp³-hybridized carbons (Fsp3) is 0.625. The van der Waals surface area contributed by atoms with Crippen molar-refractivity contribution in [2.45, 2.75) is 71.4 Å². The first-order chi connectivity index (χ1) is 15.0. The molecule has 0 radical (unpaired) electrons. The quantitative estimate of drug-likeness (QED) is 0.682. The van der Waals surface area contributed by atoms with Crippen LogP contribution >= 0.6 is 0 Å². The number of carbonyl (C=O) groups excluding carboxylic acids is 1. The van der Waals surface area contributed by atoms with Crippen LogP contribution in [0, 0.1) is 23.2 Å². The van der Waals surface area contributed by atoms with Crippen molar-refractivity contribution in [1.82, 2.24) is 19.5 Å². The molecule has 7 rings (SSSR count). The molecule has 1 N–H and O–H groups in total. The maximum absolute atomic E-state index is 13.1. The second kappa shape index (κ2) is 6.71. The number of rotatable bonds is 5. The molecule has 3 aromatic heterocycles. The summed E-state index contributed by atoms with van der Waals surface area (Å²) in [6.45, 7) is 4.12. The second-order valence-electron chi connectivity index (χ2n) is 10.3. The molecule has 4 saturated carbocycles. The number of hydrogen-bond acceptors (Lipinski definition) is 4. The lowest BCUT2D eigenvalue weighted by Crippen LogP contribution is -2.56. The molecule has 3 aromatic rings. The maximum Gasteiger partial charge on any atom is 0.291 e. The summed E-state index contributed by atoms with van der Waals surface area (Å²) in [6, 6.07) is 3.71. The van der Waals surface area contributed by atoms with Crippen LogP contribution in [0.2, 0.25) is 0 Å². The van der Waals surface area contributed by atoms with Crippen LogP contribution in [-0.4, -0.2) is 26.1 Å². The van der Waals surface area contributed by atoms with Crippen LogP contribution < -0.4 is 10.9 Å². The van der Waals surface area contributed by atoms with E-state index in [4.69, 9.17) is 4.42 Å². The van der Waals surface area contributed by atoms with Crippen LogP contribution in [0.3, 0.4) is 0 Å². The molecule has 4 fully saturated rings. The van der Waals surface area contributed by atoms with Crippen LogP contribution in [0.5, 0.6) is 0 Å². The molecule has 7 heteroatoms. The Bertz CT molecular complexity index is 1200. The predicted molar refractivity (Wildman–Crippen MR) is 117 cm³/mol. The Morgan fingerprint density at radius 1 is 1.23 bits per heavy atom. The predicted octanol–water partition coefficient (Wildman–Crippen LogP) is 3.53. The first kappa shape index (κ1) is 19.1. The summed E-state index contributed by atoms with van der Waals surface area (Å²) in [5.41, 5.74) is 1.98. The van der Waals surface area contributed by atoms with E-state index < -0.39 is 0 Å². The van der Waals surface area contributed by atoms with Crippen molar-refractivity contribution in [2.75, 3.05) is 0 Å². The molecule has 31 heavy (non-hydrogen) atoms. The monoisotopic (exact) mass is 422 g/mol. The van der Waals surface area contributed by atoms with E-state index >= 15 is 0 Å². The van der Waals surface area contributed by atoms with E-state index in [0.29, 0.717) is 17.5 Å². The van der Waals surface area contributed by atoms with Gasteiger partial charge in [0.05, 0.1) is 11.8 Å². The molecule has 0 aromatic carbocycles. The molecule has 7 nitrogen and oxygen atoms in total. The number of carbonyl (C=O) groups is 1. The van der Waals surface area contributed by atoms with Crippen LogP contribution in [0.15, 0.2) is 27.6 Å². The Morgan fingerprint density at radius 2 is 1.90 bits per heavy atom. The van der Waals surface area contributed by atoms with Crippen molar-refractivity contribution < 1.29 is 9.21 Å². The third-order valence-corrected chi connectivity index (χ3v) is 8.36. The summed E-state index contributed by atoms with van der Waals surface area (Å²) >= 11 is 0. The molecule has 4 aliphatic rings. The Balaban J connectivity index is 1.25. The molecule has 1 atom stereocenters. The maximum atomic E-state index is 13.1. The molecule has 0 aliphatic heterocycles. The fourth-order valence-corrected chi connectivity index (χ4v) is 7.34. The van der Waals surface area contributed by atoms with Gasteiger partial charge >= 0.3 is 0 Å². The van der Waals surface area contributed by atoms with Gasteiger partial charge in [-0.15, -0.1) is 0 Å². The first-order valence-corrected chi connectivity index (χ1v) is 11.7. The third kappa shape index (κ3) is 2.88. The number of furan rings is 1. The first-order valence-electron chi connectivity index (χ1n) is 11.7. The summed E-state index contributed by atoms with van der Waals surface area (Å²) < 4.78 is 8.63. The van der Waals surface area contributed by atoms with Gasteiger partial charge in [-0.25, -0.2) is 4.68 Å². The molecule has 1 amide bonds. The zero-order valence-electron chi connectivity index (χ0n) is 18.3. The largest absolute Gasteiger partial charge is 0.463 e. The summed E-state index contributed by atoms with van der Waals surface area (Å²) in [4.78, 5) is 26.1. The molecule has 164 valence electrons. The average molecular weight is 423 g/mol. The van der Waals surface area contributed by atoms with E-state index in [-0.39, 0.29) is 29.5 Å². The SMILES string of the molecule is CCc1nn(CC(=O)N[C@@H](C)C23CC4CC(CC(C4)C2)C3)c(=O)c2cc3occc3n12. The lowest BCUT2D eigenvalue weighted by atomic mass is 9.48. The number of nitrogens with zero attached hydrogens (tertiary/aromatic N) is 3. The minimum Gasteiger partial charge on any atom is -0.463 e. The second-order valence-corrected chi connectivity index (χ2v) is 10.3. The van der Waals surface area contributed by atoms with Crippen molar-refractivity contribution in [1.29, 1.82) is 0 Å². The van der Waals surface area contributed by atoms with E-state index in [2.05, 4.69) is 17.3 Å². The molecule has 4 bridgehead atoms. The Hall–Kier alpha value is -2.57.